The summed E-state index contributed by atoms with van der Waals surface area (Å²) >= 11 is 2.04. The first-order valence-corrected chi connectivity index (χ1v) is 12.3. The summed E-state index contributed by atoms with van der Waals surface area (Å²) < 4.78 is 24.8. The van der Waals surface area contributed by atoms with Crippen molar-refractivity contribution < 1.29 is 28.2 Å². The number of ether oxygens (including phenoxy) is 2. The van der Waals surface area contributed by atoms with Crippen molar-refractivity contribution in [1.29, 1.82) is 0 Å². The van der Waals surface area contributed by atoms with Crippen LogP contribution in [0.1, 0.15) is 16.7 Å². The lowest BCUT2D eigenvalue weighted by Gasteiger charge is -2.14. The molecule has 1 fully saturated rings. The van der Waals surface area contributed by atoms with Crippen molar-refractivity contribution in [3.8, 4) is 11.5 Å². The number of carbonyl (C=O) groups excluding carboxylic acids is 3. The Kier molecular flexibility index (Phi) is 8.07. The van der Waals surface area contributed by atoms with E-state index in [2.05, 4.69) is 10.6 Å². The van der Waals surface area contributed by atoms with Gasteiger partial charge in [0.15, 0.2) is 18.1 Å². The van der Waals surface area contributed by atoms with Crippen LogP contribution in [0, 0.1) is 16.3 Å². The van der Waals surface area contributed by atoms with Crippen LogP contribution in [0.25, 0.3) is 6.08 Å². The van der Waals surface area contributed by atoms with Crippen molar-refractivity contribution in [2.24, 2.45) is 0 Å². The Morgan fingerprint density at radius 2 is 1.81 bits per heavy atom. The number of hydrogen-bond acceptors (Lipinski definition) is 5. The molecule has 4 rings (SSSR count). The number of nitrogens with zero attached hydrogens (tertiary/aromatic N) is 1. The van der Waals surface area contributed by atoms with Crippen molar-refractivity contribution >= 4 is 52.2 Å². The summed E-state index contributed by atoms with van der Waals surface area (Å²) in [5.74, 6) is -0.564. The van der Waals surface area contributed by atoms with E-state index in [1.807, 2.05) is 53.8 Å². The average Bonchev–Trinajstić information content (AvgIpc) is 3.13. The van der Waals surface area contributed by atoms with Gasteiger partial charge in [0.25, 0.3) is 11.8 Å². The number of hydrogen-bond donors (Lipinski definition) is 2. The molecule has 1 saturated heterocycles. The quantitative estimate of drug-likeness (QED) is 0.215. The molecule has 3 aromatic carbocycles. The Labute approximate surface area is 226 Å². The zero-order valence-corrected chi connectivity index (χ0v) is 22.2. The van der Waals surface area contributed by atoms with Crippen LogP contribution in [0.15, 0.2) is 66.4 Å². The van der Waals surface area contributed by atoms with Gasteiger partial charge in [-0.15, -0.1) is 0 Å². The van der Waals surface area contributed by atoms with Gasteiger partial charge >= 0.3 is 6.03 Å². The predicted octanol–water partition coefficient (Wildman–Crippen LogP) is 4.86. The predicted molar refractivity (Wildman–Crippen MR) is 144 cm³/mol. The lowest BCUT2D eigenvalue weighted by molar-refractivity contribution is -0.123. The van der Waals surface area contributed by atoms with E-state index in [0.29, 0.717) is 26.3 Å². The maximum Gasteiger partial charge on any atom is 0.329 e. The van der Waals surface area contributed by atoms with Gasteiger partial charge in [0.2, 0.25) is 0 Å². The fraction of sp³-hybridized carbons (Fsp3) is 0.148. The van der Waals surface area contributed by atoms with Gasteiger partial charge in [-0.05, 0) is 83.1 Å². The number of rotatable bonds is 8. The molecule has 37 heavy (non-hydrogen) atoms. The second kappa shape index (κ2) is 11.4. The average molecular weight is 615 g/mol. The molecule has 0 unspecified atom stereocenters. The number of amides is 4. The normalized spacial score (nSPS) is 14.1. The highest BCUT2D eigenvalue weighted by atomic mass is 127. The topological polar surface area (TPSA) is 97.0 Å². The third kappa shape index (κ3) is 6.45. The number of halogens is 2. The molecule has 0 radical (unpaired) electrons. The van der Waals surface area contributed by atoms with Gasteiger partial charge in [-0.25, -0.2) is 9.18 Å². The van der Waals surface area contributed by atoms with Crippen molar-refractivity contribution in [2.45, 2.75) is 13.5 Å². The highest BCUT2D eigenvalue weighted by Crippen LogP contribution is 2.35. The lowest BCUT2D eigenvalue weighted by atomic mass is 10.1. The third-order valence-corrected chi connectivity index (χ3v) is 6.26. The second-order valence-electron chi connectivity index (χ2n) is 8.24. The zero-order chi connectivity index (χ0) is 26.5. The lowest BCUT2D eigenvalue weighted by Crippen LogP contribution is -2.30. The Balaban J connectivity index is 1.45. The van der Waals surface area contributed by atoms with E-state index < -0.39 is 23.7 Å². The Morgan fingerprint density at radius 1 is 1.11 bits per heavy atom. The maximum absolute atomic E-state index is 13.0. The van der Waals surface area contributed by atoms with E-state index >= 15 is 0 Å². The minimum Gasteiger partial charge on any atom is -0.493 e. The smallest absolute Gasteiger partial charge is 0.329 e. The first-order valence-electron chi connectivity index (χ1n) is 11.2. The molecule has 4 amide bonds. The van der Waals surface area contributed by atoms with Crippen LogP contribution in [-0.2, 0) is 16.1 Å². The number of methoxy groups -OCH3 is 1. The fourth-order valence-electron chi connectivity index (χ4n) is 3.59. The van der Waals surface area contributed by atoms with E-state index in [9.17, 15) is 18.8 Å². The van der Waals surface area contributed by atoms with Gasteiger partial charge in [0, 0.05) is 5.69 Å². The van der Waals surface area contributed by atoms with Crippen LogP contribution in [0.2, 0.25) is 0 Å². The first kappa shape index (κ1) is 26.1. The molecule has 0 saturated carbocycles. The number of aryl methyl sites for hydroxylation is 1. The van der Waals surface area contributed by atoms with Crippen LogP contribution in [-0.4, -0.2) is 36.5 Å². The van der Waals surface area contributed by atoms with E-state index in [1.165, 1.54) is 31.4 Å². The van der Waals surface area contributed by atoms with E-state index in [-0.39, 0.29) is 18.8 Å². The minimum atomic E-state index is -0.495. The summed E-state index contributed by atoms with van der Waals surface area (Å²) in [7, 11) is 1.46. The molecule has 190 valence electrons. The summed E-state index contributed by atoms with van der Waals surface area (Å²) in [4.78, 5) is 38.8. The molecule has 0 spiro atoms. The zero-order valence-electron chi connectivity index (χ0n) is 20.0. The molecule has 2 N–H and O–H groups in total. The number of carbonyl (C=O) groups is 3. The molecule has 0 atom stereocenters. The van der Waals surface area contributed by atoms with Crippen molar-refractivity contribution in [2.75, 3.05) is 19.0 Å². The molecular weight excluding hydrogens is 592 g/mol. The fourth-order valence-corrected chi connectivity index (χ4v) is 4.37. The van der Waals surface area contributed by atoms with Gasteiger partial charge in [0.05, 0.1) is 17.2 Å². The standard InChI is InChI=1S/C27H23FIN3O5/c1-16-3-5-17(6-4-16)14-32-26(34)22(31-27(32)35)12-18-11-21(29)25(23(13-18)36-2)37-15-24(33)30-20-9-7-19(28)8-10-20/h3-13H,14-15H2,1-2H3,(H,30,33)(H,31,35)/b22-12+. The molecule has 3 aromatic rings. The number of benzene rings is 3. The maximum atomic E-state index is 13.0. The summed E-state index contributed by atoms with van der Waals surface area (Å²) in [5.41, 5.74) is 3.12. The molecule has 0 aliphatic carbocycles. The molecule has 1 aliphatic rings. The number of nitrogens with one attached hydrogen (secondary N) is 2. The van der Waals surface area contributed by atoms with Crippen molar-refractivity contribution in [3.63, 3.8) is 0 Å². The van der Waals surface area contributed by atoms with Crippen LogP contribution in [0.3, 0.4) is 0 Å². The molecular formula is C27H23FIN3O5. The van der Waals surface area contributed by atoms with Gasteiger partial charge < -0.3 is 20.1 Å². The van der Waals surface area contributed by atoms with Gasteiger partial charge in [-0.3, -0.25) is 14.5 Å². The highest BCUT2D eigenvalue weighted by molar-refractivity contribution is 14.1. The first-order chi connectivity index (χ1) is 17.7. The van der Waals surface area contributed by atoms with E-state index in [0.717, 1.165) is 16.0 Å². The molecule has 8 nitrogen and oxygen atoms in total. The summed E-state index contributed by atoms with van der Waals surface area (Å²) in [6.07, 6.45) is 1.56. The Morgan fingerprint density at radius 3 is 2.49 bits per heavy atom. The SMILES string of the molecule is COc1cc(/C=C2/NC(=O)N(Cc3ccc(C)cc3)C2=O)cc(I)c1OCC(=O)Nc1ccc(F)cc1. The van der Waals surface area contributed by atoms with Crippen LogP contribution >= 0.6 is 22.6 Å². The largest absolute Gasteiger partial charge is 0.493 e. The van der Waals surface area contributed by atoms with Crippen molar-refractivity contribution in [1.82, 2.24) is 10.2 Å². The number of anilines is 1. The van der Waals surface area contributed by atoms with E-state index in [4.69, 9.17) is 9.47 Å². The third-order valence-electron chi connectivity index (χ3n) is 5.46. The van der Waals surface area contributed by atoms with Crippen LogP contribution in [0.4, 0.5) is 14.9 Å². The Hall–Kier alpha value is -3.93. The molecule has 0 aromatic heterocycles. The van der Waals surface area contributed by atoms with Crippen LogP contribution in [0.5, 0.6) is 11.5 Å². The highest BCUT2D eigenvalue weighted by Gasteiger charge is 2.33. The molecule has 0 bridgehead atoms. The molecule has 10 heteroatoms. The summed E-state index contributed by atoms with van der Waals surface area (Å²) in [6.45, 7) is 1.83. The number of urea groups is 1. The van der Waals surface area contributed by atoms with E-state index in [1.54, 1.807) is 18.2 Å². The van der Waals surface area contributed by atoms with Gasteiger partial charge in [-0.1, -0.05) is 29.8 Å². The number of imide groups is 1. The molecule has 1 heterocycles. The Bertz CT molecular complexity index is 1370. The van der Waals surface area contributed by atoms with Gasteiger partial charge in [-0.2, -0.15) is 0 Å². The molecule has 1 aliphatic heterocycles. The van der Waals surface area contributed by atoms with Gasteiger partial charge in [0.1, 0.15) is 11.5 Å². The van der Waals surface area contributed by atoms with Crippen molar-refractivity contribution in [3.05, 3.63) is 92.4 Å². The van der Waals surface area contributed by atoms with Crippen LogP contribution < -0.4 is 20.1 Å². The summed E-state index contributed by atoms with van der Waals surface area (Å²) in [6, 6.07) is 15.9. The summed E-state index contributed by atoms with van der Waals surface area (Å²) in [5, 5.41) is 5.24. The minimum absolute atomic E-state index is 0.141. The monoisotopic (exact) mass is 615 g/mol. The second-order valence-corrected chi connectivity index (χ2v) is 9.41.